The van der Waals surface area contributed by atoms with E-state index in [0.29, 0.717) is 25.2 Å². The molecule has 1 N–H and O–H groups in total. The topological polar surface area (TPSA) is 49.8 Å². The highest BCUT2D eigenvalue weighted by molar-refractivity contribution is 5.66. The summed E-state index contributed by atoms with van der Waals surface area (Å²) in [5, 5.41) is 8.42. The molecule has 1 aliphatic rings. The van der Waals surface area contributed by atoms with Crippen LogP contribution in [0.3, 0.4) is 0 Å². The van der Waals surface area contributed by atoms with Crippen LogP contribution in [0.1, 0.15) is 19.8 Å². The zero-order valence-electron chi connectivity index (χ0n) is 8.90. The minimum atomic E-state index is -0.794. The molecular weight excluding hydrogens is 182 g/mol. The van der Waals surface area contributed by atoms with Crippen molar-refractivity contribution < 1.29 is 14.6 Å². The first-order chi connectivity index (χ1) is 6.61. The van der Waals surface area contributed by atoms with E-state index in [9.17, 15) is 4.79 Å². The molecule has 0 spiro atoms. The minimum absolute atomic E-state index is 0.102. The van der Waals surface area contributed by atoms with E-state index in [1.165, 1.54) is 6.42 Å². The summed E-state index contributed by atoms with van der Waals surface area (Å²) in [6.07, 6.45) is 1.31. The Morgan fingerprint density at radius 3 is 2.86 bits per heavy atom. The van der Waals surface area contributed by atoms with Crippen LogP contribution < -0.4 is 0 Å². The lowest BCUT2D eigenvalue weighted by molar-refractivity contribution is -0.138. The van der Waals surface area contributed by atoms with Gasteiger partial charge in [0.15, 0.2) is 0 Å². The first-order valence-electron chi connectivity index (χ1n) is 5.11. The molecule has 0 aliphatic carbocycles. The van der Waals surface area contributed by atoms with Gasteiger partial charge in [0.05, 0.1) is 19.6 Å². The third-order valence-electron chi connectivity index (χ3n) is 2.91. The van der Waals surface area contributed by atoms with Crippen LogP contribution in [0.15, 0.2) is 0 Å². The number of likely N-dealkylation sites (N-methyl/N-ethyl adjacent to an activating group) is 1. The predicted molar refractivity (Wildman–Crippen MR) is 53.3 cm³/mol. The Kier molecular flexibility index (Phi) is 4.35. The van der Waals surface area contributed by atoms with Crippen molar-refractivity contribution in [3.05, 3.63) is 0 Å². The van der Waals surface area contributed by atoms with Gasteiger partial charge in [-0.2, -0.15) is 0 Å². The van der Waals surface area contributed by atoms with E-state index in [1.54, 1.807) is 0 Å². The molecule has 0 amide bonds. The molecule has 0 aromatic carbocycles. The molecule has 1 heterocycles. The summed E-state index contributed by atoms with van der Waals surface area (Å²) in [6.45, 7) is 4.32. The van der Waals surface area contributed by atoms with Gasteiger partial charge in [-0.25, -0.2) is 0 Å². The summed E-state index contributed by atoms with van der Waals surface area (Å²) in [6, 6.07) is 0.462. The van der Waals surface area contributed by atoms with Crippen molar-refractivity contribution in [2.75, 3.05) is 26.8 Å². The third-order valence-corrected chi connectivity index (χ3v) is 2.91. The second kappa shape index (κ2) is 5.32. The molecule has 0 saturated carbocycles. The van der Waals surface area contributed by atoms with Crippen LogP contribution in [0.2, 0.25) is 0 Å². The van der Waals surface area contributed by atoms with Crippen LogP contribution in [0.25, 0.3) is 0 Å². The number of rotatable bonds is 5. The molecule has 1 rings (SSSR count). The van der Waals surface area contributed by atoms with Crippen LogP contribution in [-0.2, 0) is 9.53 Å². The number of carboxylic acids is 1. The van der Waals surface area contributed by atoms with E-state index in [4.69, 9.17) is 9.84 Å². The van der Waals surface area contributed by atoms with Crippen LogP contribution >= 0.6 is 0 Å². The van der Waals surface area contributed by atoms with Crippen molar-refractivity contribution in [1.29, 1.82) is 0 Å². The van der Waals surface area contributed by atoms with Crippen molar-refractivity contribution in [3.8, 4) is 0 Å². The largest absolute Gasteiger partial charge is 0.481 e. The molecule has 82 valence electrons. The van der Waals surface area contributed by atoms with Crippen molar-refractivity contribution in [2.24, 2.45) is 5.92 Å². The highest BCUT2D eigenvalue weighted by atomic mass is 16.5. The van der Waals surface area contributed by atoms with E-state index < -0.39 is 5.97 Å². The number of hydrogen-bond donors (Lipinski definition) is 1. The van der Waals surface area contributed by atoms with Gasteiger partial charge >= 0.3 is 5.97 Å². The molecule has 0 bridgehead atoms. The van der Waals surface area contributed by atoms with Crippen molar-refractivity contribution in [2.45, 2.75) is 25.8 Å². The Bertz CT molecular complexity index is 186. The Morgan fingerprint density at radius 1 is 1.64 bits per heavy atom. The monoisotopic (exact) mass is 201 g/mol. The van der Waals surface area contributed by atoms with Gasteiger partial charge in [0.25, 0.3) is 0 Å². The summed E-state index contributed by atoms with van der Waals surface area (Å²) >= 11 is 0. The summed E-state index contributed by atoms with van der Waals surface area (Å²) in [4.78, 5) is 12.5. The van der Waals surface area contributed by atoms with Gasteiger partial charge in [0, 0.05) is 6.04 Å². The summed E-state index contributed by atoms with van der Waals surface area (Å²) < 4.78 is 5.35. The summed E-state index contributed by atoms with van der Waals surface area (Å²) in [7, 11) is 2.09. The fraction of sp³-hybridized carbons (Fsp3) is 0.900. The van der Waals surface area contributed by atoms with Gasteiger partial charge in [-0.05, 0) is 25.9 Å². The average molecular weight is 201 g/mol. The normalized spacial score (nSPS) is 28.1. The molecule has 1 saturated heterocycles. The molecular formula is C10H19NO3. The number of nitrogens with zero attached hydrogens (tertiary/aromatic N) is 1. The van der Waals surface area contributed by atoms with Crippen LogP contribution in [0.4, 0.5) is 0 Å². The van der Waals surface area contributed by atoms with Gasteiger partial charge in [0.2, 0.25) is 0 Å². The Morgan fingerprint density at radius 2 is 2.36 bits per heavy atom. The quantitative estimate of drug-likeness (QED) is 0.669. The van der Waals surface area contributed by atoms with Crippen LogP contribution in [-0.4, -0.2) is 48.8 Å². The fourth-order valence-corrected chi connectivity index (χ4v) is 1.85. The van der Waals surface area contributed by atoms with Crippen LogP contribution in [0.5, 0.6) is 0 Å². The molecule has 4 heteroatoms. The first-order valence-corrected chi connectivity index (χ1v) is 5.11. The zero-order valence-corrected chi connectivity index (χ0v) is 8.90. The fourth-order valence-electron chi connectivity index (χ4n) is 1.85. The molecule has 0 unspecified atom stereocenters. The lowest BCUT2D eigenvalue weighted by Gasteiger charge is -2.22. The zero-order chi connectivity index (χ0) is 10.6. The smallest absolute Gasteiger partial charge is 0.305 e. The van der Waals surface area contributed by atoms with Gasteiger partial charge in [0.1, 0.15) is 0 Å². The van der Waals surface area contributed by atoms with Crippen LogP contribution in [0, 0.1) is 5.92 Å². The molecule has 0 radical (unpaired) electrons. The standard InChI is InChI=1S/C10H19NO3/c1-8-3-5-11(2)9(8)7-14-6-4-10(12)13/h8-9H,3-7H2,1-2H3,(H,12,13)/t8-,9+/m0/s1. The lowest BCUT2D eigenvalue weighted by atomic mass is 10.0. The highest BCUT2D eigenvalue weighted by Gasteiger charge is 2.28. The molecule has 2 atom stereocenters. The first kappa shape index (κ1) is 11.5. The SMILES string of the molecule is C[C@H]1CCN(C)[C@@H]1COCCC(=O)O. The number of aliphatic carboxylic acids is 1. The molecule has 0 aromatic heterocycles. The number of carbonyl (C=O) groups is 1. The number of likely N-dealkylation sites (tertiary alicyclic amines) is 1. The highest BCUT2D eigenvalue weighted by Crippen LogP contribution is 2.21. The molecule has 4 nitrogen and oxygen atoms in total. The van der Waals surface area contributed by atoms with Gasteiger partial charge in [-0.1, -0.05) is 6.92 Å². The number of ether oxygens (including phenoxy) is 1. The Balaban J connectivity index is 2.14. The lowest BCUT2D eigenvalue weighted by Crippen LogP contribution is -2.33. The third kappa shape index (κ3) is 3.27. The second-order valence-corrected chi connectivity index (χ2v) is 4.03. The van der Waals surface area contributed by atoms with Gasteiger partial charge < -0.3 is 14.7 Å². The maximum Gasteiger partial charge on any atom is 0.305 e. The van der Waals surface area contributed by atoms with E-state index in [0.717, 1.165) is 6.54 Å². The number of carboxylic acid groups (broad SMARTS) is 1. The van der Waals surface area contributed by atoms with Crippen molar-refractivity contribution >= 4 is 5.97 Å². The summed E-state index contributed by atoms with van der Waals surface area (Å²) in [5.41, 5.74) is 0. The maximum absolute atomic E-state index is 10.2. The second-order valence-electron chi connectivity index (χ2n) is 4.03. The summed E-state index contributed by atoms with van der Waals surface area (Å²) in [5.74, 6) is -0.136. The van der Waals surface area contributed by atoms with Gasteiger partial charge in [-0.3, -0.25) is 4.79 Å². The van der Waals surface area contributed by atoms with Crippen molar-refractivity contribution in [1.82, 2.24) is 4.90 Å². The molecule has 1 fully saturated rings. The van der Waals surface area contributed by atoms with E-state index in [2.05, 4.69) is 18.9 Å². The molecule has 0 aromatic rings. The molecule has 1 aliphatic heterocycles. The predicted octanol–water partition coefficient (Wildman–Crippen LogP) is 0.818. The Labute approximate surface area is 84.8 Å². The van der Waals surface area contributed by atoms with Gasteiger partial charge in [-0.15, -0.1) is 0 Å². The molecule has 14 heavy (non-hydrogen) atoms. The number of hydrogen-bond acceptors (Lipinski definition) is 3. The average Bonchev–Trinajstić information content (AvgIpc) is 2.42. The van der Waals surface area contributed by atoms with E-state index in [1.807, 2.05) is 0 Å². The Hall–Kier alpha value is -0.610. The van der Waals surface area contributed by atoms with E-state index in [-0.39, 0.29) is 6.42 Å². The minimum Gasteiger partial charge on any atom is -0.481 e. The van der Waals surface area contributed by atoms with Crippen molar-refractivity contribution in [3.63, 3.8) is 0 Å². The maximum atomic E-state index is 10.2. The van der Waals surface area contributed by atoms with E-state index >= 15 is 0 Å².